The van der Waals surface area contributed by atoms with Gasteiger partial charge in [0.2, 0.25) is 0 Å². The van der Waals surface area contributed by atoms with Crippen molar-refractivity contribution >= 4 is 11.9 Å². The lowest BCUT2D eigenvalue weighted by Crippen LogP contribution is -2.13. The second-order valence-electron chi connectivity index (χ2n) is 6.72. The third kappa shape index (κ3) is 15.3. The molecule has 22 heavy (non-hydrogen) atoms. The van der Waals surface area contributed by atoms with Gasteiger partial charge in [0, 0.05) is 12.8 Å². The highest BCUT2D eigenvalue weighted by Gasteiger charge is 2.06. The lowest BCUT2D eigenvalue weighted by Gasteiger charge is -2.07. The third-order valence-electron chi connectivity index (χ3n) is 3.43. The van der Waals surface area contributed by atoms with Gasteiger partial charge in [0.15, 0.2) is 0 Å². The molecule has 0 rings (SSSR count). The van der Waals surface area contributed by atoms with Gasteiger partial charge in [0.05, 0.1) is 0 Å². The molecule has 0 saturated heterocycles. The first-order valence-electron chi connectivity index (χ1n) is 8.73. The summed E-state index contributed by atoms with van der Waals surface area (Å²) < 4.78 is 10.1. The average Bonchev–Trinajstić information content (AvgIpc) is 2.44. The molecular weight excluding hydrogens is 280 g/mol. The lowest BCUT2D eigenvalue weighted by molar-refractivity contribution is -0.152. The van der Waals surface area contributed by atoms with Gasteiger partial charge in [-0.2, -0.15) is 0 Å². The van der Waals surface area contributed by atoms with Crippen molar-refractivity contribution in [2.45, 2.75) is 79.1 Å². The van der Waals surface area contributed by atoms with Crippen molar-refractivity contribution < 1.29 is 19.1 Å². The molecule has 0 aromatic heterocycles. The van der Waals surface area contributed by atoms with Crippen LogP contribution >= 0.6 is 0 Å². The van der Waals surface area contributed by atoms with Gasteiger partial charge >= 0.3 is 11.9 Å². The maximum atomic E-state index is 11.4. The van der Waals surface area contributed by atoms with E-state index in [0.717, 1.165) is 38.5 Å². The first-order chi connectivity index (χ1) is 10.4. The normalized spacial score (nSPS) is 11.0. The summed E-state index contributed by atoms with van der Waals surface area (Å²) in [7, 11) is 0. The second-order valence-corrected chi connectivity index (χ2v) is 6.72. The molecule has 0 spiro atoms. The summed E-state index contributed by atoms with van der Waals surface area (Å²) in [6, 6.07) is 0. The van der Waals surface area contributed by atoms with E-state index in [1.165, 1.54) is 0 Å². The predicted octanol–water partition coefficient (Wildman–Crippen LogP) is 4.51. The zero-order valence-corrected chi connectivity index (χ0v) is 14.9. The summed E-state index contributed by atoms with van der Waals surface area (Å²) in [6.45, 7) is 9.04. The molecule has 130 valence electrons. The Morgan fingerprint density at radius 3 is 1.36 bits per heavy atom. The largest absolute Gasteiger partial charge is 0.462 e. The number of esters is 2. The van der Waals surface area contributed by atoms with Crippen LogP contribution < -0.4 is 0 Å². The van der Waals surface area contributed by atoms with E-state index >= 15 is 0 Å². The number of ether oxygens (including phenoxy) is 2. The van der Waals surface area contributed by atoms with Crippen molar-refractivity contribution in [3.63, 3.8) is 0 Å². The fraction of sp³-hybridized carbons (Fsp3) is 0.889. The second kappa shape index (κ2) is 13.6. The lowest BCUT2D eigenvalue weighted by atomic mass is 10.1. The molecule has 0 aliphatic carbocycles. The standard InChI is InChI=1S/C18H34O4/c1-15(2)9-5-7-11-17(19)21-13-14-22-18(20)12-8-6-10-16(3)4/h15-16H,5-14H2,1-4H3. The number of carbonyl (C=O) groups excluding carboxylic acids is 2. The van der Waals surface area contributed by atoms with E-state index in [1.807, 2.05) is 0 Å². The van der Waals surface area contributed by atoms with Crippen LogP contribution in [-0.2, 0) is 19.1 Å². The molecule has 0 aliphatic heterocycles. The Bertz CT molecular complexity index is 267. The summed E-state index contributed by atoms with van der Waals surface area (Å²) in [5.74, 6) is 0.959. The van der Waals surface area contributed by atoms with E-state index in [-0.39, 0.29) is 25.2 Å². The van der Waals surface area contributed by atoms with Crippen molar-refractivity contribution in [1.29, 1.82) is 0 Å². The van der Waals surface area contributed by atoms with E-state index in [1.54, 1.807) is 0 Å². The molecule has 0 heterocycles. The van der Waals surface area contributed by atoms with Gasteiger partial charge in [-0.1, -0.05) is 53.4 Å². The first kappa shape index (κ1) is 20.9. The Kier molecular flexibility index (Phi) is 12.9. The molecule has 0 bridgehead atoms. The SMILES string of the molecule is CC(C)CCCCC(=O)OCCOC(=O)CCCCC(C)C. The van der Waals surface area contributed by atoms with E-state index in [2.05, 4.69) is 27.7 Å². The monoisotopic (exact) mass is 314 g/mol. The van der Waals surface area contributed by atoms with E-state index in [0.29, 0.717) is 24.7 Å². The zero-order chi connectivity index (χ0) is 16.8. The van der Waals surface area contributed by atoms with Gasteiger partial charge in [0.1, 0.15) is 13.2 Å². The maximum absolute atomic E-state index is 11.4. The van der Waals surface area contributed by atoms with Crippen LogP contribution in [0.4, 0.5) is 0 Å². The molecular formula is C18H34O4. The molecule has 0 N–H and O–H groups in total. The Balaban J connectivity index is 3.39. The number of hydrogen-bond acceptors (Lipinski definition) is 4. The van der Waals surface area contributed by atoms with Crippen LogP contribution in [0.25, 0.3) is 0 Å². The van der Waals surface area contributed by atoms with Crippen molar-refractivity contribution in [2.24, 2.45) is 11.8 Å². The van der Waals surface area contributed by atoms with Crippen LogP contribution in [0, 0.1) is 11.8 Å². The van der Waals surface area contributed by atoms with Crippen molar-refractivity contribution in [3.05, 3.63) is 0 Å². The van der Waals surface area contributed by atoms with Gasteiger partial charge < -0.3 is 9.47 Å². The maximum Gasteiger partial charge on any atom is 0.305 e. The fourth-order valence-electron chi connectivity index (χ4n) is 2.10. The molecule has 0 atom stereocenters. The number of carbonyl (C=O) groups is 2. The molecule has 0 unspecified atom stereocenters. The van der Waals surface area contributed by atoms with Crippen LogP contribution in [0.5, 0.6) is 0 Å². The minimum absolute atomic E-state index is 0.167. The summed E-state index contributed by atoms with van der Waals surface area (Å²) >= 11 is 0. The van der Waals surface area contributed by atoms with Crippen molar-refractivity contribution in [2.75, 3.05) is 13.2 Å². The third-order valence-corrected chi connectivity index (χ3v) is 3.43. The smallest absolute Gasteiger partial charge is 0.305 e. The molecule has 4 heteroatoms. The molecule has 0 aromatic rings. The molecule has 0 aliphatic rings. The highest BCUT2D eigenvalue weighted by atomic mass is 16.6. The van der Waals surface area contributed by atoms with Gasteiger partial charge in [-0.15, -0.1) is 0 Å². The molecule has 0 saturated carbocycles. The van der Waals surface area contributed by atoms with Crippen molar-refractivity contribution in [1.82, 2.24) is 0 Å². The minimum atomic E-state index is -0.197. The Morgan fingerprint density at radius 1 is 0.682 bits per heavy atom. The van der Waals surface area contributed by atoms with E-state index in [9.17, 15) is 9.59 Å². The highest BCUT2D eigenvalue weighted by Crippen LogP contribution is 2.09. The Labute approximate surface area is 135 Å². The zero-order valence-electron chi connectivity index (χ0n) is 14.9. The summed E-state index contributed by atoms with van der Waals surface area (Å²) in [6.07, 6.45) is 7.03. The summed E-state index contributed by atoms with van der Waals surface area (Å²) in [4.78, 5) is 22.9. The first-order valence-corrected chi connectivity index (χ1v) is 8.73. The van der Waals surface area contributed by atoms with Gasteiger partial charge in [-0.3, -0.25) is 9.59 Å². The van der Waals surface area contributed by atoms with Crippen LogP contribution in [0.3, 0.4) is 0 Å². The van der Waals surface area contributed by atoms with Crippen LogP contribution in [-0.4, -0.2) is 25.2 Å². The van der Waals surface area contributed by atoms with E-state index < -0.39 is 0 Å². The molecule has 4 nitrogen and oxygen atoms in total. The number of hydrogen-bond donors (Lipinski definition) is 0. The molecule has 0 radical (unpaired) electrons. The Morgan fingerprint density at radius 2 is 1.05 bits per heavy atom. The Hall–Kier alpha value is -1.06. The number of unbranched alkanes of at least 4 members (excludes halogenated alkanes) is 2. The van der Waals surface area contributed by atoms with Crippen LogP contribution in [0.15, 0.2) is 0 Å². The number of rotatable bonds is 13. The van der Waals surface area contributed by atoms with Crippen LogP contribution in [0.2, 0.25) is 0 Å². The van der Waals surface area contributed by atoms with Crippen LogP contribution in [0.1, 0.15) is 79.1 Å². The van der Waals surface area contributed by atoms with E-state index in [4.69, 9.17) is 9.47 Å². The van der Waals surface area contributed by atoms with Gasteiger partial charge in [-0.25, -0.2) is 0 Å². The molecule has 0 fully saturated rings. The highest BCUT2D eigenvalue weighted by molar-refractivity contribution is 5.70. The summed E-state index contributed by atoms with van der Waals surface area (Å²) in [5.41, 5.74) is 0. The molecule has 0 aromatic carbocycles. The average molecular weight is 314 g/mol. The topological polar surface area (TPSA) is 52.6 Å². The summed E-state index contributed by atoms with van der Waals surface area (Å²) in [5, 5.41) is 0. The van der Waals surface area contributed by atoms with Gasteiger partial charge in [0.25, 0.3) is 0 Å². The van der Waals surface area contributed by atoms with Gasteiger partial charge in [-0.05, 0) is 24.7 Å². The van der Waals surface area contributed by atoms with Crippen molar-refractivity contribution in [3.8, 4) is 0 Å². The molecule has 0 amide bonds. The fourth-order valence-corrected chi connectivity index (χ4v) is 2.10. The quantitative estimate of drug-likeness (QED) is 0.371. The minimum Gasteiger partial charge on any atom is -0.462 e. The predicted molar refractivity (Wildman–Crippen MR) is 88.5 cm³/mol.